The predicted octanol–water partition coefficient (Wildman–Crippen LogP) is 13.9. The van der Waals surface area contributed by atoms with Gasteiger partial charge in [0.15, 0.2) is 11.7 Å². The van der Waals surface area contributed by atoms with Crippen molar-refractivity contribution in [2.45, 2.75) is 12.3 Å². The van der Waals surface area contributed by atoms with Crippen LogP contribution >= 0.6 is 0 Å². The predicted molar refractivity (Wildman–Crippen MR) is 278 cm³/mol. The van der Waals surface area contributed by atoms with Crippen molar-refractivity contribution in [3.63, 3.8) is 0 Å². The molecule has 12 rings (SSSR count). The number of hydrogen-bond donors (Lipinski definition) is 1. The van der Waals surface area contributed by atoms with Crippen LogP contribution in [0.2, 0.25) is 0 Å². The van der Waals surface area contributed by atoms with E-state index in [2.05, 4.69) is 193 Å². The molecule has 0 saturated carbocycles. The Morgan fingerprint density at radius 2 is 0.971 bits per heavy atom. The van der Waals surface area contributed by atoms with Crippen LogP contribution < -0.4 is 5.32 Å². The summed E-state index contributed by atoms with van der Waals surface area (Å²) in [5, 5.41) is 5.90. The molecule has 2 aliphatic rings. The number of nitrogens with one attached hydrogen (secondary N) is 1. The second-order valence-corrected chi connectivity index (χ2v) is 17.1. The van der Waals surface area contributed by atoms with Gasteiger partial charge >= 0.3 is 0 Å². The van der Waals surface area contributed by atoms with Crippen molar-refractivity contribution in [3.8, 4) is 33.4 Å². The molecule has 3 heterocycles. The summed E-state index contributed by atoms with van der Waals surface area (Å²) in [6.45, 7) is 0. The van der Waals surface area contributed by atoms with Gasteiger partial charge in [-0.05, 0) is 80.9 Å². The monoisotopic (exact) mass is 876 g/mol. The van der Waals surface area contributed by atoms with Crippen molar-refractivity contribution in [2.24, 2.45) is 20.0 Å². The zero-order valence-electron chi connectivity index (χ0n) is 37.2. The zero-order chi connectivity index (χ0) is 45.4. The van der Waals surface area contributed by atoms with E-state index in [1.54, 1.807) is 0 Å². The third-order valence-corrected chi connectivity index (χ3v) is 12.8. The van der Waals surface area contributed by atoms with E-state index in [0.29, 0.717) is 11.7 Å². The van der Waals surface area contributed by atoms with E-state index in [1.165, 1.54) is 0 Å². The summed E-state index contributed by atoms with van der Waals surface area (Å²) in [6, 6.07) is 80.0. The van der Waals surface area contributed by atoms with E-state index in [4.69, 9.17) is 24.4 Å². The lowest BCUT2D eigenvalue weighted by Crippen LogP contribution is -2.37. The lowest BCUT2D eigenvalue weighted by Gasteiger charge is -2.33. The van der Waals surface area contributed by atoms with Gasteiger partial charge in [0.2, 0.25) is 0 Å². The highest BCUT2D eigenvalue weighted by Gasteiger charge is 2.31. The van der Waals surface area contributed by atoms with Crippen LogP contribution in [0.3, 0.4) is 0 Å². The third-order valence-electron chi connectivity index (χ3n) is 12.8. The molecule has 0 fully saturated rings. The molecule has 0 aliphatic carbocycles. The summed E-state index contributed by atoms with van der Waals surface area (Å²) in [5.41, 5.74) is 14.0. The Hall–Kier alpha value is -8.94. The van der Waals surface area contributed by atoms with Gasteiger partial charge in [0.05, 0.1) is 0 Å². The molecule has 1 N–H and O–H groups in total. The summed E-state index contributed by atoms with van der Waals surface area (Å²) in [6.07, 6.45) is -0.825. The van der Waals surface area contributed by atoms with E-state index in [0.717, 1.165) is 100 Å². The molecule has 2 unspecified atom stereocenters. The van der Waals surface area contributed by atoms with Gasteiger partial charge in [-0.2, -0.15) is 0 Å². The summed E-state index contributed by atoms with van der Waals surface area (Å²) < 4.78 is 6.27. The standard InChI is InChI=1S/C61H44N6O/c1-67-60(44-27-15-6-16-28-44)65-57(43-25-13-5-14-26-43)66-61(67)50-35-31-45(46-33-36-55-52(37-46)49-29-17-18-30-54(49)68-55)38-53(50)59-63-56(42-23-11-4-12-24-42)62-58(64-59)47-32-34-48(40-19-7-2-8-20-40)51(39-47)41-21-9-3-10-22-41/h2-39,58,60H,1H3,(H,62,63,64). The van der Waals surface area contributed by atoms with Crippen LogP contribution in [-0.4, -0.2) is 35.3 Å². The van der Waals surface area contributed by atoms with Crippen molar-refractivity contribution in [2.75, 3.05) is 7.05 Å². The highest BCUT2D eigenvalue weighted by molar-refractivity contribution is 6.20. The molecule has 7 nitrogen and oxygen atoms in total. The summed E-state index contributed by atoms with van der Waals surface area (Å²) >= 11 is 0. The third kappa shape index (κ3) is 7.65. The fourth-order valence-electron chi connectivity index (χ4n) is 9.38. The van der Waals surface area contributed by atoms with Gasteiger partial charge in [0.25, 0.3) is 0 Å². The first-order valence-corrected chi connectivity index (χ1v) is 22.9. The smallest absolute Gasteiger partial charge is 0.160 e. The minimum absolute atomic E-state index is 0.339. The quantitative estimate of drug-likeness (QED) is 0.157. The van der Waals surface area contributed by atoms with Crippen LogP contribution in [0.25, 0.3) is 55.3 Å². The van der Waals surface area contributed by atoms with E-state index in [9.17, 15) is 0 Å². The fraction of sp³-hybridized carbons (Fsp3) is 0.0492. The lowest BCUT2D eigenvalue weighted by molar-refractivity contribution is 0.383. The van der Waals surface area contributed by atoms with Crippen LogP contribution in [0.1, 0.15) is 45.7 Å². The second-order valence-electron chi connectivity index (χ2n) is 17.1. The van der Waals surface area contributed by atoms with E-state index < -0.39 is 6.17 Å². The highest BCUT2D eigenvalue weighted by atomic mass is 16.3. The minimum atomic E-state index is -0.486. The van der Waals surface area contributed by atoms with Crippen LogP contribution in [-0.2, 0) is 0 Å². The van der Waals surface area contributed by atoms with Gasteiger partial charge < -0.3 is 14.6 Å². The van der Waals surface area contributed by atoms with Gasteiger partial charge in [-0.3, -0.25) is 0 Å². The van der Waals surface area contributed by atoms with Crippen molar-refractivity contribution < 1.29 is 4.42 Å². The fourth-order valence-corrected chi connectivity index (χ4v) is 9.38. The molecule has 9 aromatic carbocycles. The normalized spacial score (nSPS) is 15.9. The SMILES string of the molecule is CN1C(c2ccc(-c3ccc4oc5ccccc5c4c3)cc2C2=NC(c3ccc(-c4ccccc4)c(-c4ccccc4)c3)NC(c3ccccc3)=N2)=NC(c2ccccc2)=NC1c1ccccc1. The molecular weight excluding hydrogens is 833 g/mol. The maximum Gasteiger partial charge on any atom is 0.160 e. The van der Waals surface area contributed by atoms with Gasteiger partial charge in [-0.1, -0.05) is 194 Å². The van der Waals surface area contributed by atoms with Crippen LogP contribution in [0.4, 0.5) is 0 Å². The molecule has 0 amide bonds. The average molecular weight is 877 g/mol. The second kappa shape index (κ2) is 17.5. The topological polar surface area (TPSA) is 77.9 Å². The molecule has 2 atom stereocenters. The van der Waals surface area contributed by atoms with Crippen molar-refractivity contribution in [1.29, 1.82) is 0 Å². The van der Waals surface area contributed by atoms with Crippen molar-refractivity contribution in [1.82, 2.24) is 10.2 Å². The Morgan fingerprint density at radius 3 is 1.69 bits per heavy atom. The Balaban J connectivity index is 1.08. The number of hydrogen-bond acceptors (Lipinski definition) is 7. The lowest BCUT2D eigenvalue weighted by atomic mass is 9.92. The molecule has 10 aromatic rings. The molecular formula is C61H44N6O. The number of rotatable bonds is 9. The molecule has 0 bridgehead atoms. The average Bonchev–Trinajstić information content (AvgIpc) is 3.80. The van der Waals surface area contributed by atoms with Gasteiger partial charge in [-0.15, -0.1) is 0 Å². The van der Waals surface area contributed by atoms with Crippen LogP contribution in [0, 0.1) is 0 Å². The zero-order valence-corrected chi connectivity index (χ0v) is 37.2. The van der Waals surface area contributed by atoms with E-state index in [-0.39, 0.29) is 6.17 Å². The molecule has 0 saturated heterocycles. The number of fused-ring (bicyclic) bond motifs is 3. The Morgan fingerprint density at radius 1 is 0.397 bits per heavy atom. The first-order chi connectivity index (χ1) is 33.6. The largest absolute Gasteiger partial charge is 0.456 e. The van der Waals surface area contributed by atoms with Crippen LogP contribution in [0.5, 0.6) is 0 Å². The Bertz CT molecular complexity index is 3600. The maximum absolute atomic E-state index is 6.27. The van der Waals surface area contributed by atoms with Gasteiger partial charge in [-0.25, -0.2) is 20.0 Å². The molecule has 7 heteroatoms. The first kappa shape index (κ1) is 40.6. The molecule has 324 valence electrons. The molecule has 68 heavy (non-hydrogen) atoms. The summed E-state index contributed by atoms with van der Waals surface area (Å²) in [4.78, 5) is 23.9. The summed E-state index contributed by atoms with van der Waals surface area (Å²) in [5.74, 6) is 2.73. The maximum atomic E-state index is 6.27. The Labute approximate surface area is 394 Å². The van der Waals surface area contributed by atoms with Crippen molar-refractivity contribution >= 4 is 45.3 Å². The molecule has 0 radical (unpaired) electrons. The van der Waals surface area contributed by atoms with Gasteiger partial charge in [0.1, 0.15) is 35.2 Å². The highest BCUT2D eigenvalue weighted by Crippen LogP contribution is 2.38. The number of para-hydroxylation sites is 1. The number of benzene rings is 9. The number of nitrogens with zero attached hydrogens (tertiary/aromatic N) is 5. The van der Waals surface area contributed by atoms with Crippen molar-refractivity contribution in [3.05, 3.63) is 264 Å². The van der Waals surface area contributed by atoms with E-state index >= 15 is 0 Å². The first-order valence-electron chi connectivity index (χ1n) is 22.9. The number of furan rings is 1. The van der Waals surface area contributed by atoms with Gasteiger partial charge in [0, 0.05) is 40.1 Å². The Kier molecular flexibility index (Phi) is 10.4. The molecule has 2 aliphatic heterocycles. The number of amidine groups is 4. The number of aliphatic imine (C=N–C) groups is 4. The summed E-state index contributed by atoms with van der Waals surface area (Å²) in [7, 11) is 2.07. The minimum Gasteiger partial charge on any atom is -0.456 e. The van der Waals surface area contributed by atoms with Crippen LogP contribution in [0.15, 0.2) is 255 Å². The van der Waals surface area contributed by atoms with E-state index in [1.807, 2.05) is 54.6 Å². The molecule has 1 aromatic heterocycles. The molecule has 0 spiro atoms.